The first-order chi connectivity index (χ1) is 5.95. The molecule has 0 aromatic carbocycles. The summed E-state index contributed by atoms with van der Waals surface area (Å²) in [5.74, 6) is 0. The van der Waals surface area contributed by atoms with Crippen molar-refractivity contribution in [3.8, 4) is 0 Å². The SMILES string of the molecule is CCNc1nc(C)c(C(F)(F)F)s1. The molecule has 0 radical (unpaired) electrons. The van der Waals surface area contributed by atoms with Crippen LogP contribution < -0.4 is 5.32 Å². The second kappa shape index (κ2) is 3.53. The van der Waals surface area contributed by atoms with E-state index in [1.807, 2.05) is 6.92 Å². The van der Waals surface area contributed by atoms with Crippen LogP contribution in [0.15, 0.2) is 0 Å². The molecule has 1 N–H and O–H groups in total. The van der Waals surface area contributed by atoms with Crippen molar-refractivity contribution >= 4 is 16.5 Å². The van der Waals surface area contributed by atoms with E-state index in [1.54, 1.807) is 0 Å². The highest BCUT2D eigenvalue weighted by molar-refractivity contribution is 7.15. The first kappa shape index (κ1) is 10.3. The molecule has 0 saturated heterocycles. The fraction of sp³-hybridized carbons (Fsp3) is 0.571. The molecular weight excluding hydrogens is 201 g/mol. The Morgan fingerprint density at radius 3 is 2.46 bits per heavy atom. The lowest BCUT2D eigenvalue weighted by molar-refractivity contribution is -0.134. The van der Waals surface area contributed by atoms with Crippen molar-refractivity contribution < 1.29 is 13.2 Å². The third-order valence-corrected chi connectivity index (χ3v) is 2.54. The number of nitrogens with one attached hydrogen (secondary N) is 1. The summed E-state index contributed by atoms with van der Waals surface area (Å²) < 4.78 is 36.7. The van der Waals surface area contributed by atoms with Gasteiger partial charge in [-0.3, -0.25) is 0 Å². The van der Waals surface area contributed by atoms with Crippen molar-refractivity contribution in [2.24, 2.45) is 0 Å². The van der Waals surface area contributed by atoms with Crippen LogP contribution in [0, 0.1) is 6.92 Å². The molecule has 0 amide bonds. The van der Waals surface area contributed by atoms with Crippen LogP contribution in [0.5, 0.6) is 0 Å². The Kier molecular flexibility index (Phi) is 2.80. The molecule has 13 heavy (non-hydrogen) atoms. The van der Waals surface area contributed by atoms with Gasteiger partial charge < -0.3 is 5.32 Å². The largest absolute Gasteiger partial charge is 0.427 e. The second-order valence-electron chi connectivity index (χ2n) is 2.46. The summed E-state index contributed by atoms with van der Waals surface area (Å²) in [6.45, 7) is 3.74. The molecule has 0 saturated carbocycles. The van der Waals surface area contributed by atoms with Gasteiger partial charge in [0.05, 0.1) is 5.69 Å². The van der Waals surface area contributed by atoms with Crippen molar-refractivity contribution in [3.05, 3.63) is 10.6 Å². The lowest BCUT2D eigenvalue weighted by Gasteiger charge is -2.01. The molecular formula is C7H9F3N2S. The summed E-state index contributed by atoms with van der Waals surface area (Å²) in [7, 11) is 0. The molecule has 0 spiro atoms. The predicted octanol–water partition coefficient (Wildman–Crippen LogP) is 2.90. The maximum absolute atomic E-state index is 12.2. The number of aromatic nitrogens is 1. The van der Waals surface area contributed by atoms with Crippen LogP contribution in [0.3, 0.4) is 0 Å². The van der Waals surface area contributed by atoms with Gasteiger partial charge in [-0.1, -0.05) is 11.3 Å². The monoisotopic (exact) mass is 210 g/mol. The van der Waals surface area contributed by atoms with Gasteiger partial charge in [0.25, 0.3) is 0 Å². The van der Waals surface area contributed by atoms with E-state index in [2.05, 4.69) is 10.3 Å². The summed E-state index contributed by atoms with van der Waals surface area (Å²) in [5.41, 5.74) is 0.0356. The predicted molar refractivity (Wildman–Crippen MR) is 46.0 cm³/mol. The molecule has 1 rings (SSSR count). The van der Waals surface area contributed by atoms with Crippen molar-refractivity contribution in [1.82, 2.24) is 4.98 Å². The second-order valence-corrected chi connectivity index (χ2v) is 3.46. The van der Waals surface area contributed by atoms with E-state index in [1.165, 1.54) is 6.92 Å². The number of aryl methyl sites for hydroxylation is 1. The van der Waals surface area contributed by atoms with Gasteiger partial charge in [0.2, 0.25) is 0 Å². The van der Waals surface area contributed by atoms with E-state index >= 15 is 0 Å². The summed E-state index contributed by atoms with van der Waals surface area (Å²) in [6.07, 6.45) is -4.28. The summed E-state index contributed by atoms with van der Waals surface area (Å²) in [4.78, 5) is 3.13. The van der Waals surface area contributed by atoms with Gasteiger partial charge in [-0.15, -0.1) is 0 Å². The Labute approximate surface area is 77.8 Å². The van der Waals surface area contributed by atoms with E-state index in [4.69, 9.17) is 0 Å². The van der Waals surface area contributed by atoms with Gasteiger partial charge in [0.1, 0.15) is 4.88 Å². The maximum atomic E-state index is 12.2. The van der Waals surface area contributed by atoms with Gasteiger partial charge >= 0.3 is 6.18 Å². The van der Waals surface area contributed by atoms with Crippen molar-refractivity contribution in [3.63, 3.8) is 0 Å². The first-order valence-electron chi connectivity index (χ1n) is 3.73. The minimum Gasteiger partial charge on any atom is -0.362 e. The zero-order chi connectivity index (χ0) is 10.1. The molecule has 0 aliphatic heterocycles. The van der Waals surface area contributed by atoms with Crippen molar-refractivity contribution in [2.45, 2.75) is 20.0 Å². The van der Waals surface area contributed by atoms with Crippen molar-refractivity contribution in [1.29, 1.82) is 0 Å². The number of rotatable bonds is 2. The van der Waals surface area contributed by atoms with E-state index in [0.29, 0.717) is 23.0 Å². The minimum absolute atomic E-state index is 0.0356. The fourth-order valence-corrected chi connectivity index (χ4v) is 1.79. The molecule has 1 aromatic rings. The average Bonchev–Trinajstić information content (AvgIpc) is 2.30. The van der Waals surface area contributed by atoms with Crippen LogP contribution in [0.4, 0.5) is 18.3 Å². The van der Waals surface area contributed by atoms with Gasteiger partial charge in [0.15, 0.2) is 5.13 Å². The Hall–Kier alpha value is -0.780. The lowest BCUT2D eigenvalue weighted by Crippen LogP contribution is -2.03. The Bertz CT molecular complexity index is 292. The van der Waals surface area contributed by atoms with Crippen LogP contribution in [-0.4, -0.2) is 11.5 Å². The smallest absolute Gasteiger partial charge is 0.362 e. The standard InChI is InChI=1S/C7H9F3N2S/c1-3-11-6-12-4(2)5(13-6)7(8,9)10/h3H2,1-2H3,(H,11,12). The lowest BCUT2D eigenvalue weighted by atomic mass is 10.4. The Morgan fingerprint density at radius 1 is 1.46 bits per heavy atom. The number of halogens is 3. The maximum Gasteiger partial charge on any atom is 0.427 e. The fourth-order valence-electron chi connectivity index (χ4n) is 0.886. The number of thiazole rings is 1. The summed E-state index contributed by atoms with van der Waals surface area (Å²) in [5, 5.41) is 3.07. The summed E-state index contributed by atoms with van der Waals surface area (Å²) in [6, 6.07) is 0. The molecule has 0 aliphatic carbocycles. The first-order valence-corrected chi connectivity index (χ1v) is 4.55. The van der Waals surface area contributed by atoms with E-state index in [9.17, 15) is 13.2 Å². The molecule has 0 bridgehead atoms. The van der Waals surface area contributed by atoms with E-state index in [0.717, 1.165) is 0 Å². The van der Waals surface area contributed by atoms with Crippen LogP contribution in [0.25, 0.3) is 0 Å². The van der Waals surface area contributed by atoms with Gasteiger partial charge in [0, 0.05) is 6.54 Å². The topological polar surface area (TPSA) is 24.9 Å². The number of alkyl halides is 3. The summed E-state index contributed by atoms with van der Waals surface area (Å²) >= 11 is 0.644. The van der Waals surface area contributed by atoms with Gasteiger partial charge in [-0.2, -0.15) is 13.2 Å². The number of anilines is 1. The highest BCUT2D eigenvalue weighted by atomic mass is 32.1. The minimum atomic E-state index is -4.28. The molecule has 1 heterocycles. The molecule has 0 fully saturated rings. The molecule has 0 aliphatic rings. The van der Waals surface area contributed by atoms with E-state index in [-0.39, 0.29) is 5.69 Å². The molecule has 0 unspecified atom stereocenters. The van der Waals surface area contributed by atoms with Crippen molar-refractivity contribution in [2.75, 3.05) is 11.9 Å². The van der Waals surface area contributed by atoms with Gasteiger partial charge in [-0.25, -0.2) is 4.98 Å². The zero-order valence-corrected chi connectivity index (χ0v) is 8.01. The highest BCUT2D eigenvalue weighted by Gasteiger charge is 2.35. The third-order valence-electron chi connectivity index (χ3n) is 1.38. The number of hydrogen-bond acceptors (Lipinski definition) is 3. The Morgan fingerprint density at radius 2 is 2.08 bits per heavy atom. The van der Waals surface area contributed by atoms with Gasteiger partial charge in [-0.05, 0) is 13.8 Å². The quantitative estimate of drug-likeness (QED) is 0.811. The van der Waals surface area contributed by atoms with Crippen LogP contribution in [0.2, 0.25) is 0 Å². The third kappa shape index (κ3) is 2.33. The molecule has 6 heteroatoms. The normalized spacial score (nSPS) is 11.8. The number of hydrogen-bond donors (Lipinski definition) is 1. The number of nitrogens with zero attached hydrogens (tertiary/aromatic N) is 1. The van der Waals surface area contributed by atoms with Crippen LogP contribution in [-0.2, 0) is 6.18 Å². The molecule has 1 aromatic heterocycles. The molecule has 2 nitrogen and oxygen atoms in total. The van der Waals surface area contributed by atoms with Crippen LogP contribution in [0.1, 0.15) is 17.5 Å². The highest BCUT2D eigenvalue weighted by Crippen LogP contribution is 2.37. The zero-order valence-electron chi connectivity index (χ0n) is 7.20. The molecule has 0 atom stereocenters. The van der Waals surface area contributed by atoms with Crippen LogP contribution >= 0.6 is 11.3 Å². The molecule has 74 valence electrons. The van der Waals surface area contributed by atoms with E-state index < -0.39 is 11.1 Å². The Balaban J connectivity index is 2.96. The average molecular weight is 210 g/mol.